The molecule has 1 aliphatic carbocycles. The van der Waals surface area contributed by atoms with Gasteiger partial charge in [-0.2, -0.15) is 0 Å². The molecule has 0 aromatic rings. The van der Waals surface area contributed by atoms with E-state index in [-0.39, 0.29) is 6.42 Å². The van der Waals surface area contributed by atoms with Crippen LogP contribution in [0.15, 0.2) is 0 Å². The summed E-state index contributed by atoms with van der Waals surface area (Å²) in [5, 5.41) is 18.1. The van der Waals surface area contributed by atoms with E-state index in [0.717, 1.165) is 42.9 Å². The maximum Gasteiger partial charge on any atom is 0.307 e. The number of rotatable bonds is 15. The lowest BCUT2D eigenvalue weighted by Gasteiger charge is -2.21. The van der Waals surface area contributed by atoms with Crippen molar-refractivity contribution in [3.8, 4) is 0 Å². The van der Waals surface area contributed by atoms with Gasteiger partial charge in [-0.05, 0) is 61.7 Å². The molecule has 1 fully saturated rings. The van der Waals surface area contributed by atoms with Crippen molar-refractivity contribution < 1.29 is 19.8 Å². The lowest BCUT2D eigenvalue weighted by atomic mass is 9.85. The van der Waals surface area contributed by atoms with Crippen molar-refractivity contribution in [3.63, 3.8) is 0 Å². The molecule has 2 N–H and O–H groups in total. The smallest absolute Gasteiger partial charge is 0.307 e. The predicted molar refractivity (Wildman–Crippen MR) is 114 cm³/mol. The van der Waals surface area contributed by atoms with Gasteiger partial charge in [0.1, 0.15) is 0 Å². The molecule has 1 rings (SSSR count). The van der Waals surface area contributed by atoms with Crippen LogP contribution in [0.1, 0.15) is 105 Å². The van der Waals surface area contributed by atoms with Gasteiger partial charge in [0.25, 0.3) is 0 Å². The van der Waals surface area contributed by atoms with Gasteiger partial charge in [0.05, 0.1) is 12.3 Å². The second-order valence-electron chi connectivity index (χ2n) is 9.70. The SMILES string of the molecule is CCC(CCC1CCC(C[C@H](C)C[C@@H](C)CC)C1)CCC(CC(=O)O)C(=O)O. The Kier molecular flexibility index (Phi) is 11.8. The van der Waals surface area contributed by atoms with Crippen molar-refractivity contribution in [1.82, 2.24) is 0 Å². The molecule has 0 amide bonds. The van der Waals surface area contributed by atoms with Crippen LogP contribution in [0.5, 0.6) is 0 Å². The average Bonchev–Trinajstić information content (AvgIpc) is 3.07. The van der Waals surface area contributed by atoms with Crippen molar-refractivity contribution in [2.45, 2.75) is 105 Å². The van der Waals surface area contributed by atoms with E-state index in [1.165, 1.54) is 44.9 Å². The van der Waals surface area contributed by atoms with Crippen molar-refractivity contribution in [2.75, 3.05) is 0 Å². The maximum atomic E-state index is 11.2. The quantitative estimate of drug-likeness (QED) is 0.326. The normalized spacial score (nSPS) is 23.9. The van der Waals surface area contributed by atoms with Gasteiger partial charge in [0.15, 0.2) is 0 Å². The monoisotopic (exact) mass is 396 g/mol. The van der Waals surface area contributed by atoms with E-state index < -0.39 is 17.9 Å². The lowest BCUT2D eigenvalue weighted by molar-refractivity contribution is -0.148. The average molecular weight is 397 g/mol. The van der Waals surface area contributed by atoms with E-state index in [1.54, 1.807) is 0 Å². The van der Waals surface area contributed by atoms with E-state index in [9.17, 15) is 14.7 Å². The van der Waals surface area contributed by atoms with Crippen LogP contribution in [0.25, 0.3) is 0 Å². The summed E-state index contributed by atoms with van der Waals surface area (Å²) >= 11 is 0. The van der Waals surface area contributed by atoms with Gasteiger partial charge in [-0.3, -0.25) is 9.59 Å². The first-order chi connectivity index (χ1) is 13.2. The number of carbonyl (C=O) groups is 2. The highest BCUT2D eigenvalue weighted by atomic mass is 16.4. The van der Waals surface area contributed by atoms with Crippen LogP contribution >= 0.6 is 0 Å². The highest BCUT2D eigenvalue weighted by Gasteiger charge is 2.27. The summed E-state index contributed by atoms with van der Waals surface area (Å²) in [4.78, 5) is 22.1. The molecule has 1 aliphatic rings. The second kappa shape index (κ2) is 13.2. The summed E-state index contributed by atoms with van der Waals surface area (Å²) in [6.45, 7) is 9.24. The molecule has 0 heterocycles. The minimum Gasteiger partial charge on any atom is -0.481 e. The third-order valence-electron chi connectivity index (χ3n) is 7.14. The number of hydrogen-bond acceptors (Lipinski definition) is 2. The molecule has 4 unspecified atom stereocenters. The molecule has 0 aliphatic heterocycles. The van der Waals surface area contributed by atoms with E-state index in [4.69, 9.17) is 5.11 Å². The lowest BCUT2D eigenvalue weighted by Crippen LogP contribution is -2.19. The van der Waals surface area contributed by atoms with Crippen molar-refractivity contribution in [2.24, 2.45) is 35.5 Å². The summed E-state index contributed by atoms with van der Waals surface area (Å²) in [6, 6.07) is 0. The van der Waals surface area contributed by atoms with Gasteiger partial charge < -0.3 is 10.2 Å². The van der Waals surface area contributed by atoms with Gasteiger partial charge in [0, 0.05) is 0 Å². The zero-order valence-electron chi connectivity index (χ0n) is 18.7. The van der Waals surface area contributed by atoms with Crippen molar-refractivity contribution >= 4 is 11.9 Å². The number of carboxylic acid groups (broad SMARTS) is 2. The van der Waals surface area contributed by atoms with Gasteiger partial charge in [-0.15, -0.1) is 0 Å². The van der Waals surface area contributed by atoms with Gasteiger partial charge in [-0.1, -0.05) is 66.2 Å². The summed E-state index contributed by atoms with van der Waals surface area (Å²) in [7, 11) is 0. The molecular formula is C24H44O4. The molecule has 4 nitrogen and oxygen atoms in total. The topological polar surface area (TPSA) is 74.6 Å². The number of hydrogen-bond donors (Lipinski definition) is 2. The molecule has 0 saturated heterocycles. The maximum absolute atomic E-state index is 11.2. The Morgan fingerprint density at radius 1 is 0.929 bits per heavy atom. The van der Waals surface area contributed by atoms with Crippen LogP contribution in [-0.4, -0.2) is 22.2 Å². The molecule has 0 aromatic carbocycles. The Morgan fingerprint density at radius 3 is 2.18 bits per heavy atom. The van der Waals surface area contributed by atoms with Crippen LogP contribution in [0.2, 0.25) is 0 Å². The molecule has 28 heavy (non-hydrogen) atoms. The molecule has 164 valence electrons. The summed E-state index contributed by atoms with van der Waals surface area (Å²) < 4.78 is 0. The Hall–Kier alpha value is -1.06. The number of carboxylic acids is 2. The minimum atomic E-state index is -1.01. The van der Waals surface area contributed by atoms with Crippen LogP contribution in [-0.2, 0) is 9.59 Å². The zero-order chi connectivity index (χ0) is 21.1. The van der Waals surface area contributed by atoms with E-state index >= 15 is 0 Å². The second-order valence-corrected chi connectivity index (χ2v) is 9.70. The Bertz CT molecular complexity index is 462. The number of aliphatic carboxylic acids is 2. The Balaban J connectivity index is 2.32. The molecule has 1 saturated carbocycles. The fraction of sp³-hybridized carbons (Fsp3) is 0.917. The summed E-state index contributed by atoms with van der Waals surface area (Å²) in [5.74, 6) is 1.22. The van der Waals surface area contributed by atoms with Crippen LogP contribution < -0.4 is 0 Å². The van der Waals surface area contributed by atoms with Crippen LogP contribution in [0.3, 0.4) is 0 Å². The molecule has 4 heteroatoms. The first kappa shape index (κ1) is 25.0. The highest BCUT2D eigenvalue weighted by molar-refractivity contribution is 5.77. The molecule has 0 bridgehead atoms. The molecular weight excluding hydrogens is 352 g/mol. The van der Waals surface area contributed by atoms with Gasteiger partial charge >= 0.3 is 11.9 Å². The van der Waals surface area contributed by atoms with Crippen LogP contribution in [0, 0.1) is 35.5 Å². The van der Waals surface area contributed by atoms with Crippen LogP contribution in [0.4, 0.5) is 0 Å². The minimum absolute atomic E-state index is 0.259. The first-order valence-electron chi connectivity index (χ1n) is 11.7. The van der Waals surface area contributed by atoms with E-state index in [2.05, 4.69) is 27.7 Å². The van der Waals surface area contributed by atoms with Crippen molar-refractivity contribution in [1.29, 1.82) is 0 Å². The third-order valence-corrected chi connectivity index (χ3v) is 7.14. The fourth-order valence-corrected chi connectivity index (χ4v) is 5.16. The molecule has 0 radical (unpaired) electrons. The predicted octanol–water partition coefficient (Wildman–Crippen LogP) is 6.63. The first-order valence-corrected chi connectivity index (χ1v) is 11.7. The highest BCUT2D eigenvalue weighted by Crippen LogP contribution is 2.39. The van der Waals surface area contributed by atoms with E-state index in [0.29, 0.717) is 12.3 Å². The Morgan fingerprint density at radius 2 is 1.61 bits per heavy atom. The zero-order valence-corrected chi connectivity index (χ0v) is 18.7. The van der Waals surface area contributed by atoms with Crippen molar-refractivity contribution in [3.05, 3.63) is 0 Å². The summed E-state index contributed by atoms with van der Waals surface area (Å²) in [6.07, 6.45) is 12.7. The van der Waals surface area contributed by atoms with E-state index in [1.807, 2.05) is 0 Å². The molecule has 6 atom stereocenters. The largest absolute Gasteiger partial charge is 0.481 e. The standard InChI is InChI=1S/C24H44O4/c1-5-17(3)13-18(4)14-21-10-9-20(15-21)8-7-19(6-2)11-12-22(24(27)28)16-23(25)26/h17-22H,5-16H2,1-4H3,(H,25,26)(H,27,28)/t17-,18+,19?,20?,21?,22?/m0/s1. The fourth-order valence-electron chi connectivity index (χ4n) is 5.16. The summed E-state index contributed by atoms with van der Waals surface area (Å²) in [5.41, 5.74) is 0. The van der Waals surface area contributed by atoms with Gasteiger partial charge in [0.2, 0.25) is 0 Å². The molecule has 0 spiro atoms. The third kappa shape index (κ3) is 9.93. The van der Waals surface area contributed by atoms with Gasteiger partial charge in [-0.25, -0.2) is 0 Å². The Labute approximate surface area is 172 Å². The molecule has 0 aromatic heterocycles.